The van der Waals surface area contributed by atoms with Crippen molar-refractivity contribution in [3.05, 3.63) is 23.8 Å². The molecule has 0 aliphatic carbocycles. The molecule has 4 heteroatoms. The Bertz CT molecular complexity index is 360. The quantitative estimate of drug-likeness (QED) is 0.781. The normalized spacial score (nSPS) is 11.6. The fraction of sp³-hybridized carbons (Fsp3) is 0.300. The third-order valence-corrected chi connectivity index (χ3v) is 2.52. The van der Waals surface area contributed by atoms with Crippen molar-refractivity contribution in [2.45, 2.75) is 4.83 Å². The molecular formula is C10H10BrNO2. The summed E-state index contributed by atoms with van der Waals surface area (Å²) in [6.45, 7) is 0. The van der Waals surface area contributed by atoms with Crippen molar-refractivity contribution < 1.29 is 9.47 Å². The van der Waals surface area contributed by atoms with Gasteiger partial charge in [0.2, 0.25) is 0 Å². The van der Waals surface area contributed by atoms with Crippen LogP contribution in [0.4, 0.5) is 0 Å². The Morgan fingerprint density at radius 2 is 2.07 bits per heavy atom. The number of hydrogen-bond acceptors (Lipinski definition) is 3. The Labute approximate surface area is 91.4 Å². The lowest BCUT2D eigenvalue weighted by atomic mass is 10.1. The monoisotopic (exact) mass is 255 g/mol. The van der Waals surface area contributed by atoms with E-state index in [-0.39, 0.29) is 4.83 Å². The van der Waals surface area contributed by atoms with E-state index in [2.05, 4.69) is 22.0 Å². The summed E-state index contributed by atoms with van der Waals surface area (Å²) in [7, 11) is 3.16. The summed E-state index contributed by atoms with van der Waals surface area (Å²) in [5, 5.41) is 8.78. The summed E-state index contributed by atoms with van der Waals surface area (Å²) >= 11 is 3.24. The van der Waals surface area contributed by atoms with Gasteiger partial charge in [-0.1, -0.05) is 15.9 Å². The van der Waals surface area contributed by atoms with E-state index >= 15 is 0 Å². The van der Waals surface area contributed by atoms with Crippen molar-refractivity contribution in [3.8, 4) is 17.6 Å². The van der Waals surface area contributed by atoms with Crippen LogP contribution < -0.4 is 9.47 Å². The smallest absolute Gasteiger partial charge is 0.130 e. The minimum Gasteiger partial charge on any atom is -0.497 e. The molecule has 0 saturated carbocycles. The van der Waals surface area contributed by atoms with Gasteiger partial charge in [-0.2, -0.15) is 5.26 Å². The molecule has 0 N–H and O–H groups in total. The Morgan fingerprint density at radius 1 is 1.36 bits per heavy atom. The highest BCUT2D eigenvalue weighted by molar-refractivity contribution is 9.09. The lowest BCUT2D eigenvalue weighted by molar-refractivity contribution is 0.399. The van der Waals surface area contributed by atoms with Crippen molar-refractivity contribution in [2.75, 3.05) is 14.2 Å². The summed E-state index contributed by atoms with van der Waals surface area (Å²) in [5.74, 6) is 1.38. The van der Waals surface area contributed by atoms with Crippen molar-refractivity contribution in [1.82, 2.24) is 0 Å². The van der Waals surface area contributed by atoms with E-state index in [4.69, 9.17) is 14.7 Å². The third-order valence-electron chi connectivity index (χ3n) is 1.82. The summed E-state index contributed by atoms with van der Waals surface area (Å²) in [4.78, 5) is -0.382. The molecule has 0 bridgehead atoms. The Morgan fingerprint density at radius 3 is 2.57 bits per heavy atom. The van der Waals surface area contributed by atoms with Crippen molar-refractivity contribution in [2.24, 2.45) is 0 Å². The Balaban J connectivity index is 3.16. The SMILES string of the molecule is COc1ccc(OC)c(C(Br)C#N)c1. The van der Waals surface area contributed by atoms with Gasteiger partial charge in [0.1, 0.15) is 16.3 Å². The zero-order valence-corrected chi connectivity index (χ0v) is 9.54. The predicted octanol–water partition coefficient (Wildman–Crippen LogP) is 2.66. The number of benzene rings is 1. The molecule has 74 valence electrons. The van der Waals surface area contributed by atoms with Crippen molar-refractivity contribution >= 4 is 15.9 Å². The summed E-state index contributed by atoms with van der Waals surface area (Å²) in [6, 6.07) is 7.44. The predicted molar refractivity (Wildman–Crippen MR) is 56.8 cm³/mol. The first-order chi connectivity index (χ1) is 6.72. The first-order valence-electron chi connectivity index (χ1n) is 3.98. The number of halogens is 1. The van der Waals surface area contributed by atoms with Gasteiger partial charge >= 0.3 is 0 Å². The van der Waals surface area contributed by atoms with E-state index < -0.39 is 0 Å². The zero-order valence-electron chi connectivity index (χ0n) is 7.95. The molecule has 0 fully saturated rings. The molecule has 1 unspecified atom stereocenters. The van der Waals surface area contributed by atoms with Gasteiger partial charge in [-0.3, -0.25) is 0 Å². The van der Waals surface area contributed by atoms with Crippen LogP contribution in [0.5, 0.6) is 11.5 Å². The number of nitrogens with zero attached hydrogens (tertiary/aromatic N) is 1. The maximum atomic E-state index is 8.78. The lowest BCUT2D eigenvalue weighted by Crippen LogP contribution is -1.94. The first kappa shape index (κ1) is 10.9. The van der Waals surface area contributed by atoms with Crippen LogP contribution in [0, 0.1) is 11.3 Å². The molecule has 1 aromatic rings. The molecular weight excluding hydrogens is 246 g/mol. The molecule has 0 radical (unpaired) electrons. The summed E-state index contributed by atoms with van der Waals surface area (Å²) in [6.07, 6.45) is 0. The molecule has 1 aromatic carbocycles. The van der Waals surface area contributed by atoms with Crippen LogP contribution in [0.1, 0.15) is 10.4 Å². The van der Waals surface area contributed by atoms with Crippen LogP contribution >= 0.6 is 15.9 Å². The van der Waals surface area contributed by atoms with Crippen LogP contribution in [0.2, 0.25) is 0 Å². The average molecular weight is 256 g/mol. The minimum absolute atomic E-state index is 0.382. The summed E-state index contributed by atoms with van der Waals surface area (Å²) in [5.41, 5.74) is 0.773. The first-order valence-corrected chi connectivity index (χ1v) is 4.90. The maximum absolute atomic E-state index is 8.78. The molecule has 0 saturated heterocycles. The van der Waals surface area contributed by atoms with E-state index in [1.54, 1.807) is 32.4 Å². The van der Waals surface area contributed by atoms with E-state index in [1.165, 1.54) is 0 Å². The highest BCUT2D eigenvalue weighted by atomic mass is 79.9. The maximum Gasteiger partial charge on any atom is 0.130 e. The van der Waals surface area contributed by atoms with Gasteiger partial charge in [0.15, 0.2) is 0 Å². The van der Waals surface area contributed by atoms with Gasteiger partial charge in [0.25, 0.3) is 0 Å². The second kappa shape index (κ2) is 4.87. The highest BCUT2D eigenvalue weighted by Crippen LogP contribution is 2.33. The third kappa shape index (κ3) is 2.18. The van der Waals surface area contributed by atoms with E-state index in [1.807, 2.05) is 0 Å². The van der Waals surface area contributed by atoms with Gasteiger partial charge < -0.3 is 9.47 Å². The molecule has 3 nitrogen and oxygen atoms in total. The second-order valence-corrected chi connectivity index (χ2v) is 3.52. The van der Waals surface area contributed by atoms with Crippen molar-refractivity contribution in [1.29, 1.82) is 5.26 Å². The number of ether oxygens (including phenoxy) is 2. The average Bonchev–Trinajstić information content (AvgIpc) is 2.27. The number of methoxy groups -OCH3 is 2. The molecule has 0 aliphatic heterocycles. The van der Waals surface area contributed by atoms with Gasteiger partial charge in [-0.05, 0) is 18.2 Å². The topological polar surface area (TPSA) is 42.2 Å². The number of nitriles is 1. The van der Waals surface area contributed by atoms with E-state index in [0.717, 1.165) is 5.56 Å². The van der Waals surface area contributed by atoms with Crippen LogP contribution in [-0.2, 0) is 0 Å². The van der Waals surface area contributed by atoms with E-state index in [9.17, 15) is 0 Å². The molecule has 1 atom stereocenters. The Hall–Kier alpha value is -1.21. The number of rotatable bonds is 3. The second-order valence-electron chi connectivity index (χ2n) is 2.60. The molecule has 1 rings (SSSR count). The van der Waals surface area contributed by atoms with Gasteiger partial charge in [-0.25, -0.2) is 0 Å². The van der Waals surface area contributed by atoms with Crippen LogP contribution in [-0.4, -0.2) is 14.2 Å². The molecule has 0 spiro atoms. The van der Waals surface area contributed by atoms with Crippen LogP contribution in [0.25, 0.3) is 0 Å². The fourth-order valence-electron chi connectivity index (χ4n) is 1.11. The van der Waals surface area contributed by atoms with E-state index in [0.29, 0.717) is 11.5 Å². The highest BCUT2D eigenvalue weighted by Gasteiger charge is 2.12. The van der Waals surface area contributed by atoms with Crippen LogP contribution in [0.3, 0.4) is 0 Å². The van der Waals surface area contributed by atoms with Crippen LogP contribution in [0.15, 0.2) is 18.2 Å². The molecule has 14 heavy (non-hydrogen) atoms. The Kier molecular flexibility index (Phi) is 3.78. The number of hydrogen-bond donors (Lipinski definition) is 0. The molecule has 0 aromatic heterocycles. The standard InChI is InChI=1S/C10H10BrNO2/c1-13-7-3-4-10(14-2)8(5-7)9(11)6-12/h3-5,9H,1-2H3. The van der Waals surface area contributed by atoms with Gasteiger partial charge in [0.05, 0.1) is 20.3 Å². The van der Waals surface area contributed by atoms with Gasteiger partial charge in [-0.15, -0.1) is 0 Å². The molecule has 0 amide bonds. The largest absolute Gasteiger partial charge is 0.497 e. The molecule has 0 heterocycles. The molecule has 0 aliphatic rings. The lowest BCUT2D eigenvalue weighted by Gasteiger charge is -2.10. The van der Waals surface area contributed by atoms with Gasteiger partial charge in [0, 0.05) is 5.56 Å². The summed E-state index contributed by atoms with van der Waals surface area (Å²) < 4.78 is 10.2. The van der Waals surface area contributed by atoms with Crippen molar-refractivity contribution in [3.63, 3.8) is 0 Å². The fourth-order valence-corrected chi connectivity index (χ4v) is 1.46. The number of alkyl halides is 1. The zero-order chi connectivity index (χ0) is 10.6. The minimum atomic E-state index is -0.382.